The van der Waals surface area contributed by atoms with Gasteiger partial charge in [0.05, 0.1) is 17.2 Å². The first-order valence-corrected chi connectivity index (χ1v) is 5.38. The van der Waals surface area contributed by atoms with Crippen molar-refractivity contribution in [3.05, 3.63) is 22.7 Å². The summed E-state index contributed by atoms with van der Waals surface area (Å²) in [6.07, 6.45) is -0.251. The molecule has 0 aliphatic rings. The number of ether oxygens (including phenoxy) is 2. The number of nitrogen functional groups attached to an aromatic ring is 1. The summed E-state index contributed by atoms with van der Waals surface area (Å²) in [5.74, 6) is -0.406. The molecular weight excluding hydrogens is 244 g/mol. The molecule has 1 aromatic carbocycles. The number of methoxy groups -OCH3 is 1. The van der Waals surface area contributed by atoms with Crippen LogP contribution in [0.2, 0.25) is 5.02 Å². The van der Waals surface area contributed by atoms with Crippen LogP contribution in [0.5, 0.6) is 5.75 Å². The molecule has 1 unspecified atom stereocenters. The molecular formula is C11H15ClN2O3. The van der Waals surface area contributed by atoms with E-state index in [0.29, 0.717) is 12.3 Å². The molecule has 0 radical (unpaired) electrons. The molecule has 1 rings (SSSR count). The van der Waals surface area contributed by atoms with Gasteiger partial charge in [0, 0.05) is 12.8 Å². The van der Waals surface area contributed by atoms with Crippen LogP contribution in [-0.2, 0) is 4.74 Å². The average Bonchev–Trinajstić information content (AvgIpc) is 2.21. The van der Waals surface area contributed by atoms with Gasteiger partial charge in [0.1, 0.15) is 6.10 Å². The molecule has 4 N–H and O–H groups in total. The molecule has 1 aromatic rings. The zero-order chi connectivity index (χ0) is 13.0. The molecule has 0 spiro atoms. The number of benzene rings is 1. The first kappa shape index (κ1) is 13.6. The van der Waals surface area contributed by atoms with Gasteiger partial charge < -0.3 is 20.9 Å². The Morgan fingerprint density at radius 3 is 2.71 bits per heavy atom. The van der Waals surface area contributed by atoms with Crippen LogP contribution in [0, 0.1) is 0 Å². The Morgan fingerprint density at radius 1 is 1.53 bits per heavy atom. The lowest BCUT2D eigenvalue weighted by atomic mass is 10.1. The van der Waals surface area contributed by atoms with E-state index < -0.39 is 5.91 Å². The largest absolute Gasteiger partial charge is 0.486 e. The summed E-state index contributed by atoms with van der Waals surface area (Å²) in [4.78, 5) is 11.3. The quantitative estimate of drug-likeness (QED) is 0.782. The first-order valence-electron chi connectivity index (χ1n) is 5.00. The van der Waals surface area contributed by atoms with E-state index in [1.807, 2.05) is 0 Å². The predicted molar refractivity (Wildman–Crippen MR) is 66.3 cm³/mol. The minimum atomic E-state index is -0.640. The Bertz CT molecular complexity index is 423. The number of carbonyl (C=O) groups is 1. The molecule has 1 atom stereocenters. The maximum absolute atomic E-state index is 11.3. The van der Waals surface area contributed by atoms with Gasteiger partial charge in [0.25, 0.3) is 5.91 Å². The number of hydrogen-bond acceptors (Lipinski definition) is 4. The minimum Gasteiger partial charge on any atom is -0.486 e. The van der Waals surface area contributed by atoms with Crippen molar-refractivity contribution in [3.8, 4) is 5.75 Å². The summed E-state index contributed by atoms with van der Waals surface area (Å²) in [7, 11) is 1.56. The number of nitrogens with two attached hydrogens (primary N) is 2. The number of hydrogen-bond donors (Lipinski definition) is 2. The Morgan fingerprint density at radius 2 is 2.18 bits per heavy atom. The van der Waals surface area contributed by atoms with Gasteiger partial charge in [-0.1, -0.05) is 11.6 Å². The molecule has 0 fully saturated rings. The highest BCUT2D eigenvalue weighted by molar-refractivity contribution is 6.33. The topological polar surface area (TPSA) is 87.6 Å². The van der Waals surface area contributed by atoms with Gasteiger partial charge in [0.2, 0.25) is 0 Å². The maximum Gasteiger partial charge on any atom is 0.252 e. The Kier molecular flexibility index (Phi) is 4.60. The Balaban J connectivity index is 3.08. The van der Waals surface area contributed by atoms with Crippen molar-refractivity contribution in [2.45, 2.75) is 13.0 Å². The highest BCUT2D eigenvalue weighted by Gasteiger charge is 2.17. The highest BCUT2D eigenvalue weighted by atomic mass is 35.5. The molecule has 1 amide bonds. The third-order valence-electron chi connectivity index (χ3n) is 2.05. The smallest absolute Gasteiger partial charge is 0.252 e. The van der Waals surface area contributed by atoms with Gasteiger partial charge >= 0.3 is 0 Å². The normalized spacial score (nSPS) is 12.2. The second-order valence-electron chi connectivity index (χ2n) is 3.63. The van der Waals surface area contributed by atoms with E-state index in [1.165, 1.54) is 12.1 Å². The lowest BCUT2D eigenvalue weighted by molar-refractivity contribution is 0.0887. The van der Waals surface area contributed by atoms with E-state index in [9.17, 15) is 4.79 Å². The minimum absolute atomic E-state index is 0.165. The van der Waals surface area contributed by atoms with Crippen LogP contribution in [0.25, 0.3) is 0 Å². The first-order chi connectivity index (χ1) is 7.95. The molecule has 17 heavy (non-hydrogen) atoms. The van der Waals surface area contributed by atoms with E-state index in [-0.39, 0.29) is 22.4 Å². The third-order valence-corrected chi connectivity index (χ3v) is 2.33. The van der Waals surface area contributed by atoms with Crippen LogP contribution in [0.1, 0.15) is 17.3 Å². The van der Waals surface area contributed by atoms with Crippen LogP contribution in [0.3, 0.4) is 0 Å². The SMILES string of the molecule is COCC(C)Oc1c(Cl)cc(N)cc1C(N)=O. The molecule has 0 heterocycles. The average molecular weight is 259 g/mol. The standard InChI is InChI=1S/C11H15ClN2O3/c1-6(5-16-2)17-10-8(11(14)15)3-7(13)4-9(10)12/h3-4,6H,5,13H2,1-2H3,(H2,14,15). The molecule has 6 heteroatoms. The molecule has 0 aliphatic carbocycles. The molecule has 5 nitrogen and oxygen atoms in total. The number of anilines is 1. The Labute approximate surface area is 105 Å². The van der Waals surface area contributed by atoms with Gasteiger partial charge in [-0.2, -0.15) is 0 Å². The van der Waals surface area contributed by atoms with E-state index in [0.717, 1.165) is 0 Å². The van der Waals surface area contributed by atoms with Crippen molar-refractivity contribution < 1.29 is 14.3 Å². The van der Waals surface area contributed by atoms with Gasteiger partial charge in [-0.15, -0.1) is 0 Å². The van der Waals surface area contributed by atoms with E-state index >= 15 is 0 Å². The van der Waals surface area contributed by atoms with Crippen LogP contribution < -0.4 is 16.2 Å². The van der Waals surface area contributed by atoms with Crippen LogP contribution in [-0.4, -0.2) is 25.7 Å². The molecule has 0 aromatic heterocycles. The van der Waals surface area contributed by atoms with Crippen molar-refractivity contribution in [1.29, 1.82) is 0 Å². The fourth-order valence-electron chi connectivity index (χ4n) is 1.39. The number of halogens is 1. The number of primary amides is 1. The zero-order valence-corrected chi connectivity index (χ0v) is 10.5. The monoisotopic (exact) mass is 258 g/mol. The van der Waals surface area contributed by atoms with Crippen molar-refractivity contribution >= 4 is 23.2 Å². The lowest BCUT2D eigenvalue weighted by Gasteiger charge is -2.17. The second-order valence-corrected chi connectivity index (χ2v) is 4.03. The number of amides is 1. The van der Waals surface area contributed by atoms with Crippen molar-refractivity contribution in [2.75, 3.05) is 19.5 Å². The maximum atomic E-state index is 11.3. The van der Waals surface area contributed by atoms with Crippen LogP contribution in [0.4, 0.5) is 5.69 Å². The van der Waals surface area contributed by atoms with Gasteiger partial charge in [0.15, 0.2) is 5.75 Å². The van der Waals surface area contributed by atoms with Gasteiger partial charge in [-0.25, -0.2) is 0 Å². The second kappa shape index (κ2) is 5.75. The van der Waals surface area contributed by atoms with Crippen LogP contribution in [0.15, 0.2) is 12.1 Å². The summed E-state index contributed by atoms with van der Waals surface area (Å²) < 4.78 is 10.5. The van der Waals surface area contributed by atoms with E-state index in [4.69, 9.17) is 32.5 Å². The van der Waals surface area contributed by atoms with Crippen LogP contribution >= 0.6 is 11.6 Å². The number of carbonyl (C=O) groups excluding carboxylic acids is 1. The summed E-state index contributed by atoms with van der Waals surface area (Å²) in [6.45, 7) is 2.17. The fraction of sp³-hybridized carbons (Fsp3) is 0.364. The lowest BCUT2D eigenvalue weighted by Crippen LogP contribution is -2.21. The molecule has 0 saturated heterocycles. The van der Waals surface area contributed by atoms with Crippen molar-refractivity contribution in [2.24, 2.45) is 5.73 Å². The number of rotatable bonds is 5. The zero-order valence-electron chi connectivity index (χ0n) is 9.70. The van der Waals surface area contributed by atoms with E-state index in [2.05, 4.69) is 0 Å². The van der Waals surface area contributed by atoms with E-state index in [1.54, 1.807) is 14.0 Å². The van der Waals surface area contributed by atoms with Crippen molar-refractivity contribution in [1.82, 2.24) is 0 Å². The van der Waals surface area contributed by atoms with Crippen molar-refractivity contribution in [3.63, 3.8) is 0 Å². The fourth-order valence-corrected chi connectivity index (χ4v) is 1.66. The molecule has 0 bridgehead atoms. The van der Waals surface area contributed by atoms with Gasteiger partial charge in [-0.05, 0) is 19.1 Å². The Hall–Kier alpha value is -1.46. The third kappa shape index (κ3) is 3.51. The molecule has 0 aliphatic heterocycles. The molecule has 0 saturated carbocycles. The predicted octanol–water partition coefficient (Wildman–Crippen LogP) is 1.43. The summed E-state index contributed by atoms with van der Waals surface area (Å²) >= 11 is 5.97. The molecule has 94 valence electrons. The van der Waals surface area contributed by atoms with Gasteiger partial charge in [-0.3, -0.25) is 4.79 Å². The summed E-state index contributed by atoms with van der Waals surface area (Å²) in [5, 5.41) is 0.252. The summed E-state index contributed by atoms with van der Waals surface area (Å²) in [5.41, 5.74) is 11.3. The highest BCUT2D eigenvalue weighted by Crippen LogP contribution is 2.32. The summed E-state index contributed by atoms with van der Waals surface area (Å²) in [6, 6.07) is 2.94.